The van der Waals surface area contributed by atoms with Crippen molar-refractivity contribution in [3.63, 3.8) is 0 Å². The van der Waals surface area contributed by atoms with Gasteiger partial charge in [-0.1, -0.05) is 0 Å². The molecule has 2 aromatic rings. The van der Waals surface area contributed by atoms with Crippen molar-refractivity contribution in [2.45, 2.75) is 6.92 Å². The molecule has 3 N–H and O–H groups in total. The molecule has 1 aromatic carbocycles. The summed E-state index contributed by atoms with van der Waals surface area (Å²) in [7, 11) is 2.75. The SMILES string of the molecule is COc1cc(NC(C)=O)c(OC)c2c(=O)[nH]c(=O)[nH]c12. The van der Waals surface area contributed by atoms with Gasteiger partial charge in [0.05, 0.1) is 19.9 Å². The molecule has 0 aliphatic rings. The van der Waals surface area contributed by atoms with Crippen LogP contribution in [-0.2, 0) is 4.79 Å². The standard InChI is InChI=1S/C12H13N3O5/c1-5(16)13-6-4-7(19-2)9-8(10(6)20-3)11(17)15-12(18)14-9/h4H,1-3H3,(H,13,16)(H2,14,15,17,18). The maximum Gasteiger partial charge on any atom is 0.326 e. The van der Waals surface area contributed by atoms with Crippen LogP contribution in [0.5, 0.6) is 11.5 Å². The largest absolute Gasteiger partial charge is 0.494 e. The van der Waals surface area contributed by atoms with E-state index in [1.807, 2.05) is 0 Å². The summed E-state index contributed by atoms with van der Waals surface area (Å²) in [6.07, 6.45) is 0. The molecule has 106 valence electrons. The monoisotopic (exact) mass is 279 g/mol. The van der Waals surface area contributed by atoms with E-state index < -0.39 is 11.2 Å². The van der Waals surface area contributed by atoms with Crippen LogP contribution in [0.3, 0.4) is 0 Å². The lowest BCUT2D eigenvalue weighted by Gasteiger charge is -2.14. The van der Waals surface area contributed by atoms with Crippen molar-refractivity contribution in [1.82, 2.24) is 9.97 Å². The van der Waals surface area contributed by atoms with Crippen molar-refractivity contribution in [2.24, 2.45) is 0 Å². The van der Waals surface area contributed by atoms with Gasteiger partial charge in [-0.05, 0) is 0 Å². The van der Waals surface area contributed by atoms with Gasteiger partial charge in [0.2, 0.25) is 5.91 Å². The number of amides is 1. The van der Waals surface area contributed by atoms with Gasteiger partial charge in [-0.3, -0.25) is 14.6 Å². The minimum atomic E-state index is -0.657. The van der Waals surface area contributed by atoms with Crippen LogP contribution in [0.4, 0.5) is 5.69 Å². The maximum absolute atomic E-state index is 12.0. The molecule has 0 aliphatic heterocycles. The van der Waals surface area contributed by atoms with Gasteiger partial charge >= 0.3 is 5.69 Å². The Morgan fingerprint density at radius 3 is 2.45 bits per heavy atom. The molecule has 0 bridgehead atoms. The zero-order valence-electron chi connectivity index (χ0n) is 11.1. The second-order valence-corrected chi connectivity index (χ2v) is 4.00. The highest BCUT2D eigenvalue weighted by atomic mass is 16.5. The third-order valence-electron chi connectivity index (χ3n) is 2.67. The summed E-state index contributed by atoms with van der Waals surface area (Å²) in [6.45, 7) is 1.33. The molecule has 8 nitrogen and oxygen atoms in total. The Hall–Kier alpha value is -2.77. The first-order valence-corrected chi connectivity index (χ1v) is 5.66. The number of aromatic amines is 2. The smallest absolute Gasteiger partial charge is 0.326 e. The van der Waals surface area contributed by atoms with Crippen LogP contribution in [-0.4, -0.2) is 30.1 Å². The number of anilines is 1. The number of ether oxygens (including phenoxy) is 2. The van der Waals surface area contributed by atoms with Crippen LogP contribution >= 0.6 is 0 Å². The molecule has 0 radical (unpaired) electrons. The summed E-state index contributed by atoms with van der Waals surface area (Å²) in [5.74, 6) is 0.0619. The number of rotatable bonds is 3. The Bertz CT molecular complexity index is 790. The van der Waals surface area contributed by atoms with Crippen molar-refractivity contribution in [1.29, 1.82) is 0 Å². The summed E-state index contributed by atoms with van der Waals surface area (Å²) in [5, 5.41) is 2.64. The Balaban J connectivity index is 2.95. The zero-order chi connectivity index (χ0) is 14.9. The van der Waals surface area contributed by atoms with E-state index in [1.54, 1.807) is 0 Å². The fourth-order valence-corrected chi connectivity index (χ4v) is 1.95. The molecule has 0 aliphatic carbocycles. The van der Waals surface area contributed by atoms with E-state index in [0.717, 1.165) is 0 Å². The average molecular weight is 279 g/mol. The Morgan fingerprint density at radius 2 is 1.90 bits per heavy atom. The summed E-state index contributed by atoms with van der Waals surface area (Å²) >= 11 is 0. The zero-order valence-corrected chi connectivity index (χ0v) is 11.1. The number of benzene rings is 1. The predicted octanol–water partition coefficient (Wildman–Crippen LogP) is 0.192. The van der Waals surface area contributed by atoms with Gasteiger partial charge in [0.15, 0.2) is 5.75 Å². The number of H-pyrrole nitrogens is 2. The van der Waals surface area contributed by atoms with Gasteiger partial charge in [-0.15, -0.1) is 0 Å². The van der Waals surface area contributed by atoms with E-state index in [0.29, 0.717) is 0 Å². The molecule has 20 heavy (non-hydrogen) atoms. The van der Waals surface area contributed by atoms with E-state index in [4.69, 9.17) is 9.47 Å². The number of methoxy groups -OCH3 is 2. The van der Waals surface area contributed by atoms with Crippen LogP contribution in [0.2, 0.25) is 0 Å². The van der Waals surface area contributed by atoms with Crippen LogP contribution in [0.25, 0.3) is 10.9 Å². The quantitative estimate of drug-likeness (QED) is 0.742. The lowest BCUT2D eigenvalue weighted by Crippen LogP contribution is -2.23. The third-order valence-corrected chi connectivity index (χ3v) is 2.67. The van der Waals surface area contributed by atoms with E-state index in [1.165, 1.54) is 27.2 Å². The van der Waals surface area contributed by atoms with Crippen LogP contribution < -0.4 is 26.0 Å². The van der Waals surface area contributed by atoms with Crippen molar-refractivity contribution >= 4 is 22.5 Å². The number of nitrogens with one attached hydrogen (secondary N) is 3. The third kappa shape index (κ3) is 2.22. The molecular formula is C12H13N3O5. The fourth-order valence-electron chi connectivity index (χ4n) is 1.95. The highest BCUT2D eigenvalue weighted by Gasteiger charge is 2.18. The van der Waals surface area contributed by atoms with Gasteiger partial charge in [-0.25, -0.2) is 4.79 Å². The molecular weight excluding hydrogens is 266 g/mol. The van der Waals surface area contributed by atoms with Gasteiger partial charge < -0.3 is 19.8 Å². The van der Waals surface area contributed by atoms with Crippen LogP contribution in [0, 0.1) is 0 Å². The van der Waals surface area contributed by atoms with E-state index in [-0.39, 0.29) is 34.0 Å². The number of carbonyl (C=O) groups is 1. The summed E-state index contributed by atoms with van der Waals surface area (Å²) in [6, 6.07) is 1.47. The van der Waals surface area contributed by atoms with E-state index in [2.05, 4.69) is 15.3 Å². The Labute approximate surface area is 112 Å². The second kappa shape index (κ2) is 5.08. The van der Waals surface area contributed by atoms with Gasteiger partial charge in [-0.2, -0.15) is 0 Å². The van der Waals surface area contributed by atoms with Crippen molar-refractivity contribution in [3.05, 3.63) is 26.9 Å². The molecule has 1 heterocycles. The van der Waals surface area contributed by atoms with Gasteiger partial charge in [0.25, 0.3) is 5.56 Å². The van der Waals surface area contributed by atoms with Crippen LogP contribution in [0.15, 0.2) is 15.7 Å². The Morgan fingerprint density at radius 1 is 1.20 bits per heavy atom. The van der Waals surface area contributed by atoms with Crippen LogP contribution in [0.1, 0.15) is 6.92 Å². The maximum atomic E-state index is 12.0. The van der Waals surface area contributed by atoms with E-state index >= 15 is 0 Å². The normalized spacial score (nSPS) is 10.3. The lowest BCUT2D eigenvalue weighted by atomic mass is 10.1. The topological polar surface area (TPSA) is 113 Å². The first-order valence-electron chi connectivity index (χ1n) is 5.66. The van der Waals surface area contributed by atoms with Crippen molar-refractivity contribution in [2.75, 3.05) is 19.5 Å². The molecule has 2 rings (SSSR count). The molecule has 0 atom stereocenters. The molecule has 0 unspecified atom stereocenters. The van der Waals surface area contributed by atoms with Crippen molar-refractivity contribution in [3.8, 4) is 11.5 Å². The molecule has 0 saturated heterocycles. The first kappa shape index (κ1) is 13.7. The molecule has 1 amide bonds. The summed E-state index contributed by atoms with van der Waals surface area (Å²) in [5.41, 5.74) is -0.810. The lowest BCUT2D eigenvalue weighted by molar-refractivity contribution is -0.114. The number of aromatic nitrogens is 2. The minimum Gasteiger partial charge on any atom is -0.494 e. The molecule has 0 saturated carbocycles. The van der Waals surface area contributed by atoms with Gasteiger partial charge in [0.1, 0.15) is 16.7 Å². The number of fused-ring (bicyclic) bond motifs is 1. The fraction of sp³-hybridized carbons (Fsp3) is 0.250. The second-order valence-electron chi connectivity index (χ2n) is 4.00. The average Bonchev–Trinajstić information content (AvgIpc) is 2.37. The highest BCUT2D eigenvalue weighted by molar-refractivity contribution is 5.99. The first-order chi connectivity index (χ1) is 9.47. The number of hydrogen-bond acceptors (Lipinski definition) is 5. The molecule has 0 fully saturated rings. The number of carbonyl (C=O) groups excluding carboxylic acids is 1. The highest BCUT2D eigenvalue weighted by Crippen LogP contribution is 2.36. The van der Waals surface area contributed by atoms with Gasteiger partial charge in [0, 0.05) is 13.0 Å². The molecule has 1 aromatic heterocycles. The summed E-state index contributed by atoms with van der Waals surface area (Å²) in [4.78, 5) is 39.1. The summed E-state index contributed by atoms with van der Waals surface area (Å²) < 4.78 is 10.3. The molecule has 8 heteroatoms. The predicted molar refractivity (Wildman–Crippen MR) is 72.6 cm³/mol. The minimum absolute atomic E-state index is 0.0928. The van der Waals surface area contributed by atoms with E-state index in [9.17, 15) is 14.4 Å². The molecule has 0 spiro atoms. The Kier molecular flexibility index (Phi) is 3.47. The number of hydrogen-bond donors (Lipinski definition) is 3. The van der Waals surface area contributed by atoms with Crippen molar-refractivity contribution < 1.29 is 14.3 Å².